The van der Waals surface area contributed by atoms with Gasteiger partial charge in [0.1, 0.15) is 0 Å². The number of carbonyl (C=O) groups is 1. The third-order valence-electron chi connectivity index (χ3n) is 3.93. The Kier molecular flexibility index (Phi) is 5.15. The Bertz CT molecular complexity index is 433. The van der Waals surface area contributed by atoms with Crippen LogP contribution in [0.1, 0.15) is 19.3 Å². The minimum atomic E-state index is 0.0902. The molecule has 2 N–H and O–H groups in total. The van der Waals surface area contributed by atoms with E-state index in [0.717, 1.165) is 38.0 Å². The SMILES string of the molecule is CN(C)CCN(C(=O)C1CCC(N)C1)c1ccccc1. The standard InChI is InChI=1S/C16H25N3O/c1-18(2)10-11-19(15-6-4-3-5-7-15)16(20)13-8-9-14(17)12-13/h3-7,13-14H,8-12,17H2,1-2H3. The van der Waals surface area contributed by atoms with Gasteiger partial charge >= 0.3 is 0 Å². The molecule has 2 rings (SSSR count). The molecule has 1 aromatic carbocycles. The van der Waals surface area contributed by atoms with Crippen LogP contribution in [-0.4, -0.2) is 44.0 Å². The van der Waals surface area contributed by atoms with E-state index in [0.29, 0.717) is 0 Å². The molecule has 2 atom stereocenters. The fourth-order valence-electron chi connectivity index (χ4n) is 2.74. The minimum Gasteiger partial charge on any atom is -0.328 e. The van der Waals surface area contributed by atoms with Crippen molar-refractivity contribution in [2.45, 2.75) is 25.3 Å². The van der Waals surface area contributed by atoms with Gasteiger partial charge in [-0.25, -0.2) is 0 Å². The predicted molar refractivity (Wildman–Crippen MR) is 82.7 cm³/mol. The maximum absolute atomic E-state index is 12.8. The second-order valence-corrected chi connectivity index (χ2v) is 5.90. The lowest BCUT2D eigenvalue weighted by Gasteiger charge is -2.27. The van der Waals surface area contributed by atoms with Crippen molar-refractivity contribution in [2.75, 3.05) is 32.1 Å². The summed E-state index contributed by atoms with van der Waals surface area (Å²) in [6.45, 7) is 1.58. The maximum atomic E-state index is 12.8. The van der Waals surface area contributed by atoms with E-state index in [1.54, 1.807) is 0 Å². The lowest BCUT2D eigenvalue weighted by Crippen LogP contribution is -2.40. The van der Waals surface area contributed by atoms with Gasteiger partial charge in [-0.2, -0.15) is 0 Å². The van der Waals surface area contributed by atoms with Crippen molar-refractivity contribution in [2.24, 2.45) is 11.7 Å². The highest BCUT2D eigenvalue weighted by Gasteiger charge is 2.31. The number of nitrogens with zero attached hydrogens (tertiary/aromatic N) is 2. The van der Waals surface area contributed by atoms with Crippen LogP contribution in [0.2, 0.25) is 0 Å². The third-order valence-corrected chi connectivity index (χ3v) is 3.93. The summed E-state index contributed by atoms with van der Waals surface area (Å²) in [5, 5.41) is 0. The molecule has 0 heterocycles. The molecule has 1 aliphatic carbocycles. The summed E-state index contributed by atoms with van der Waals surface area (Å²) in [5.74, 6) is 0.318. The molecule has 110 valence electrons. The van der Waals surface area contributed by atoms with Gasteiger partial charge in [-0.3, -0.25) is 4.79 Å². The smallest absolute Gasteiger partial charge is 0.230 e. The fourth-order valence-corrected chi connectivity index (χ4v) is 2.74. The molecule has 1 aliphatic rings. The van der Waals surface area contributed by atoms with Crippen LogP contribution in [0.25, 0.3) is 0 Å². The highest BCUT2D eigenvalue weighted by atomic mass is 16.2. The van der Waals surface area contributed by atoms with Gasteiger partial charge in [-0.05, 0) is 45.5 Å². The van der Waals surface area contributed by atoms with Crippen molar-refractivity contribution in [3.8, 4) is 0 Å². The monoisotopic (exact) mass is 275 g/mol. The van der Waals surface area contributed by atoms with Crippen LogP contribution < -0.4 is 10.6 Å². The van der Waals surface area contributed by atoms with Crippen molar-refractivity contribution in [3.05, 3.63) is 30.3 Å². The minimum absolute atomic E-state index is 0.0902. The van der Waals surface area contributed by atoms with Crippen molar-refractivity contribution in [1.82, 2.24) is 4.90 Å². The molecule has 1 fully saturated rings. The zero-order valence-electron chi connectivity index (χ0n) is 12.5. The molecule has 4 nitrogen and oxygen atoms in total. The van der Waals surface area contributed by atoms with Gasteiger partial charge < -0.3 is 15.5 Å². The summed E-state index contributed by atoms with van der Waals surface area (Å²) >= 11 is 0. The fraction of sp³-hybridized carbons (Fsp3) is 0.562. The Morgan fingerprint density at radius 1 is 1.20 bits per heavy atom. The third kappa shape index (κ3) is 3.81. The van der Waals surface area contributed by atoms with E-state index >= 15 is 0 Å². The number of carbonyl (C=O) groups excluding carboxylic acids is 1. The molecule has 0 bridgehead atoms. The predicted octanol–water partition coefficient (Wildman–Crippen LogP) is 1.71. The Labute approximate surface area is 121 Å². The Morgan fingerprint density at radius 2 is 1.90 bits per heavy atom. The van der Waals surface area contributed by atoms with E-state index < -0.39 is 0 Å². The molecular formula is C16H25N3O. The second kappa shape index (κ2) is 6.86. The van der Waals surface area contributed by atoms with Crippen molar-refractivity contribution in [1.29, 1.82) is 0 Å². The van der Waals surface area contributed by atoms with Gasteiger partial charge in [-0.1, -0.05) is 18.2 Å². The molecule has 0 saturated heterocycles. The molecule has 1 saturated carbocycles. The van der Waals surface area contributed by atoms with Gasteiger partial charge in [0.05, 0.1) is 0 Å². The van der Waals surface area contributed by atoms with Crippen LogP contribution in [0.5, 0.6) is 0 Å². The summed E-state index contributed by atoms with van der Waals surface area (Å²) in [7, 11) is 4.05. The number of rotatable bonds is 5. The number of hydrogen-bond donors (Lipinski definition) is 1. The summed E-state index contributed by atoms with van der Waals surface area (Å²) in [6, 6.07) is 10.1. The molecule has 1 amide bonds. The number of para-hydroxylation sites is 1. The summed E-state index contributed by atoms with van der Waals surface area (Å²) in [6.07, 6.45) is 2.71. The number of hydrogen-bond acceptors (Lipinski definition) is 3. The van der Waals surface area contributed by atoms with Crippen LogP contribution in [0, 0.1) is 5.92 Å². The number of amides is 1. The lowest BCUT2D eigenvalue weighted by atomic mass is 10.1. The highest BCUT2D eigenvalue weighted by molar-refractivity contribution is 5.95. The normalized spacial score (nSPS) is 22.2. The van der Waals surface area contributed by atoms with E-state index in [2.05, 4.69) is 4.90 Å². The van der Waals surface area contributed by atoms with Gasteiger partial charge in [0, 0.05) is 30.7 Å². The van der Waals surface area contributed by atoms with Crippen LogP contribution in [0.15, 0.2) is 30.3 Å². The lowest BCUT2D eigenvalue weighted by molar-refractivity contribution is -0.122. The molecule has 0 radical (unpaired) electrons. The van der Waals surface area contributed by atoms with E-state index in [-0.39, 0.29) is 17.9 Å². The molecule has 2 unspecified atom stereocenters. The number of anilines is 1. The van der Waals surface area contributed by atoms with Gasteiger partial charge in [0.2, 0.25) is 5.91 Å². The van der Waals surface area contributed by atoms with E-state index in [1.165, 1.54) is 0 Å². The molecule has 0 aliphatic heterocycles. The quantitative estimate of drug-likeness (QED) is 0.890. The van der Waals surface area contributed by atoms with Crippen LogP contribution in [-0.2, 0) is 4.79 Å². The first kappa shape index (κ1) is 15.0. The zero-order valence-corrected chi connectivity index (χ0v) is 12.5. The van der Waals surface area contributed by atoms with Gasteiger partial charge in [0.15, 0.2) is 0 Å². The average molecular weight is 275 g/mol. The topological polar surface area (TPSA) is 49.6 Å². The first-order valence-electron chi connectivity index (χ1n) is 7.34. The molecule has 20 heavy (non-hydrogen) atoms. The number of likely N-dealkylation sites (N-methyl/N-ethyl adjacent to an activating group) is 1. The first-order chi connectivity index (χ1) is 9.58. The van der Waals surface area contributed by atoms with Crippen LogP contribution in [0.4, 0.5) is 5.69 Å². The Hall–Kier alpha value is -1.39. The van der Waals surface area contributed by atoms with Crippen LogP contribution in [0.3, 0.4) is 0 Å². The maximum Gasteiger partial charge on any atom is 0.230 e. The van der Waals surface area contributed by atoms with Crippen LogP contribution >= 0.6 is 0 Å². The Balaban J connectivity index is 2.11. The summed E-state index contributed by atoms with van der Waals surface area (Å²) in [5.41, 5.74) is 6.93. The average Bonchev–Trinajstić information content (AvgIpc) is 2.86. The summed E-state index contributed by atoms with van der Waals surface area (Å²) < 4.78 is 0. The zero-order chi connectivity index (χ0) is 14.5. The first-order valence-corrected chi connectivity index (χ1v) is 7.34. The second-order valence-electron chi connectivity index (χ2n) is 5.90. The van der Waals surface area contributed by atoms with E-state index in [4.69, 9.17) is 5.73 Å². The summed E-state index contributed by atoms with van der Waals surface area (Å²) in [4.78, 5) is 16.8. The highest BCUT2D eigenvalue weighted by Crippen LogP contribution is 2.28. The molecule has 0 spiro atoms. The van der Waals surface area contributed by atoms with E-state index in [9.17, 15) is 4.79 Å². The molecule has 1 aromatic rings. The molecule has 0 aromatic heterocycles. The van der Waals surface area contributed by atoms with Gasteiger partial charge in [0.25, 0.3) is 0 Å². The van der Waals surface area contributed by atoms with Crippen molar-refractivity contribution in [3.63, 3.8) is 0 Å². The molecule has 4 heteroatoms. The number of benzene rings is 1. The van der Waals surface area contributed by atoms with Crippen molar-refractivity contribution >= 4 is 11.6 Å². The largest absolute Gasteiger partial charge is 0.328 e. The van der Waals surface area contributed by atoms with E-state index in [1.807, 2.05) is 49.3 Å². The van der Waals surface area contributed by atoms with Crippen molar-refractivity contribution < 1.29 is 4.79 Å². The Morgan fingerprint density at radius 3 is 2.45 bits per heavy atom. The number of nitrogens with two attached hydrogens (primary N) is 1. The van der Waals surface area contributed by atoms with Gasteiger partial charge in [-0.15, -0.1) is 0 Å². The molecular weight excluding hydrogens is 250 g/mol.